The zero-order valence-corrected chi connectivity index (χ0v) is 15.3. The molecule has 136 valence electrons. The summed E-state index contributed by atoms with van der Waals surface area (Å²) in [4.78, 5) is 11.7. The first-order valence-electron chi connectivity index (χ1n) is 8.68. The van der Waals surface area contributed by atoms with Gasteiger partial charge in [-0.05, 0) is 48.3 Å². The average Bonchev–Trinajstić information content (AvgIpc) is 3.07. The average molecular weight is 370 g/mol. The molecule has 0 spiro atoms. The lowest BCUT2D eigenvalue weighted by molar-refractivity contribution is -0.145. The van der Waals surface area contributed by atoms with E-state index >= 15 is 0 Å². The number of hydrogen-bond donors (Lipinski definition) is 2. The molecule has 0 saturated carbocycles. The van der Waals surface area contributed by atoms with Crippen LogP contribution in [0.5, 0.6) is 5.75 Å². The summed E-state index contributed by atoms with van der Waals surface area (Å²) >= 11 is 5.33. The molecule has 0 bridgehead atoms. The molecular formula is C20H22N2O3S. The Morgan fingerprint density at radius 2 is 1.88 bits per heavy atom. The van der Waals surface area contributed by atoms with Crippen LogP contribution in [0.2, 0.25) is 0 Å². The maximum Gasteiger partial charge on any atom is 0.344 e. The van der Waals surface area contributed by atoms with Crippen LogP contribution in [0.3, 0.4) is 0 Å². The van der Waals surface area contributed by atoms with Crippen molar-refractivity contribution in [2.75, 3.05) is 19.8 Å². The van der Waals surface area contributed by atoms with Crippen LogP contribution in [-0.4, -0.2) is 30.8 Å². The van der Waals surface area contributed by atoms with Crippen molar-refractivity contribution in [2.24, 2.45) is 0 Å². The molecule has 0 saturated heterocycles. The van der Waals surface area contributed by atoms with E-state index in [9.17, 15) is 4.79 Å². The number of thiocarbonyl (C=S) groups is 1. The Morgan fingerprint density at radius 3 is 2.73 bits per heavy atom. The molecule has 0 radical (unpaired) electrons. The van der Waals surface area contributed by atoms with Crippen molar-refractivity contribution in [2.45, 2.75) is 18.9 Å². The highest BCUT2D eigenvalue weighted by Crippen LogP contribution is 2.30. The van der Waals surface area contributed by atoms with Gasteiger partial charge in [0.1, 0.15) is 12.4 Å². The topological polar surface area (TPSA) is 59.6 Å². The Bertz CT molecular complexity index is 752. The predicted molar refractivity (Wildman–Crippen MR) is 104 cm³/mol. The number of nitrogens with one attached hydrogen (secondary N) is 2. The fourth-order valence-electron chi connectivity index (χ4n) is 2.95. The van der Waals surface area contributed by atoms with E-state index in [1.54, 1.807) is 12.1 Å². The lowest BCUT2D eigenvalue weighted by Gasteiger charge is -2.17. The van der Waals surface area contributed by atoms with Crippen LogP contribution < -0.4 is 15.4 Å². The van der Waals surface area contributed by atoms with Gasteiger partial charge in [-0.15, -0.1) is 0 Å². The highest BCUT2D eigenvalue weighted by molar-refractivity contribution is 7.80. The number of carbonyl (C=O) groups excluding carboxylic acids is 1. The van der Waals surface area contributed by atoms with Crippen LogP contribution in [0.15, 0.2) is 54.6 Å². The molecular weight excluding hydrogens is 348 g/mol. The second-order valence-electron chi connectivity index (χ2n) is 6.01. The number of rotatable bonds is 7. The molecule has 2 N–H and O–H groups in total. The highest BCUT2D eigenvalue weighted by Gasteiger charge is 2.22. The minimum atomic E-state index is -0.403. The molecule has 0 fully saturated rings. The van der Waals surface area contributed by atoms with E-state index in [0.717, 1.165) is 12.8 Å². The standard InChI is InChI=1S/C20H22N2O3S/c23-19(14-25-16-7-2-1-3-8-16)24-13-12-21-20(26)22-18-11-10-15-6-4-5-9-17(15)18/h1-9,18H,10-14H2,(H2,21,22,26)/t18-/m0/s1. The van der Waals surface area contributed by atoms with Crippen LogP contribution in [-0.2, 0) is 16.0 Å². The first-order valence-corrected chi connectivity index (χ1v) is 9.09. The van der Waals surface area contributed by atoms with Crippen molar-refractivity contribution in [1.29, 1.82) is 0 Å². The normalized spacial score (nSPS) is 15.0. The Hall–Kier alpha value is -2.60. The molecule has 2 aromatic rings. The second-order valence-corrected chi connectivity index (χ2v) is 6.42. The fourth-order valence-corrected chi connectivity index (χ4v) is 3.19. The highest BCUT2D eigenvalue weighted by atomic mass is 32.1. The van der Waals surface area contributed by atoms with E-state index in [2.05, 4.69) is 28.8 Å². The summed E-state index contributed by atoms with van der Waals surface area (Å²) in [6.07, 6.45) is 2.10. The first kappa shape index (κ1) is 18.2. The predicted octanol–water partition coefficient (Wildman–Crippen LogP) is 2.76. The van der Waals surface area contributed by atoms with Gasteiger partial charge in [-0.1, -0.05) is 42.5 Å². The zero-order valence-electron chi connectivity index (χ0n) is 14.4. The van der Waals surface area contributed by atoms with Crippen molar-refractivity contribution >= 4 is 23.3 Å². The molecule has 1 aliphatic rings. The van der Waals surface area contributed by atoms with Crippen LogP contribution in [0, 0.1) is 0 Å². The SMILES string of the molecule is O=C(COc1ccccc1)OCCNC(=S)N[C@H]1CCc2ccccc21. The summed E-state index contributed by atoms with van der Waals surface area (Å²) in [5, 5.41) is 6.97. The molecule has 1 atom stereocenters. The molecule has 26 heavy (non-hydrogen) atoms. The summed E-state index contributed by atoms with van der Waals surface area (Å²) in [6, 6.07) is 17.8. The fraction of sp³-hybridized carbons (Fsp3) is 0.300. The Kier molecular flexibility index (Phi) is 6.44. The minimum absolute atomic E-state index is 0.106. The number of carbonyl (C=O) groups is 1. The molecule has 1 aliphatic carbocycles. The van der Waals surface area contributed by atoms with Gasteiger partial charge in [-0.25, -0.2) is 4.79 Å². The maximum absolute atomic E-state index is 11.7. The van der Waals surface area contributed by atoms with Gasteiger partial charge in [0.15, 0.2) is 11.7 Å². The summed E-state index contributed by atoms with van der Waals surface area (Å²) in [5.74, 6) is 0.240. The summed E-state index contributed by atoms with van der Waals surface area (Å²) in [7, 11) is 0. The van der Waals surface area contributed by atoms with E-state index in [-0.39, 0.29) is 19.3 Å². The van der Waals surface area contributed by atoms with Crippen molar-refractivity contribution in [3.63, 3.8) is 0 Å². The lowest BCUT2D eigenvalue weighted by atomic mass is 10.1. The number of para-hydroxylation sites is 1. The Morgan fingerprint density at radius 1 is 1.12 bits per heavy atom. The molecule has 2 aromatic carbocycles. The first-order chi connectivity index (χ1) is 12.7. The van der Waals surface area contributed by atoms with Gasteiger partial charge < -0.3 is 20.1 Å². The minimum Gasteiger partial charge on any atom is -0.482 e. The van der Waals surface area contributed by atoms with Gasteiger partial charge >= 0.3 is 5.97 Å². The van der Waals surface area contributed by atoms with E-state index in [1.165, 1.54) is 11.1 Å². The van der Waals surface area contributed by atoms with Crippen LogP contribution in [0.4, 0.5) is 0 Å². The lowest BCUT2D eigenvalue weighted by Crippen LogP contribution is -2.39. The van der Waals surface area contributed by atoms with Gasteiger partial charge in [0.25, 0.3) is 0 Å². The van der Waals surface area contributed by atoms with Gasteiger partial charge in [0, 0.05) is 0 Å². The van der Waals surface area contributed by atoms with Crippen molar-refractivity contribution in [1.82, 2.24) is 10.6 Å². The van der Waals surface area contributed by atoms with Crippen LogP contribution in [0.1, 0.15) is 23.6 Å². The van der Waals surface area contributed by atoms with E-state index in [4.69, 9.17) is 21.7 Å². The number of esters is 1. The third-order valence-corrected chi connectivity index (χ3v) is 4.45. The Labute approximate surface area is 158 Å². The smallest absolute Gasteiger partial charge is 0.344 e. The van der Waals surface area contributed by atoms with Crippen molar-refractivity contribution in [3.8, 4) is 5.75 Å². The molecule has 6 heteroatoms. The number of ether oxygens (including phenoxy) is 2. The molecule has 5 nitrogen and oxygen atoms in total. The number of hydrogen-bond acceptors (Lipinski definition) is 4. The van der Waals surface area contributed by atoms with E-state index < -0.39 is 5.97 Å². The zero-order chi connectivity index (χ0) is 18.2. The molecule has 0 unspecified atom stereocenters. The molecule has 0 aromatic heterocycles. The molecule has 3 rings (SSSR count). The quantitative estimate of drug-likeness (QED) is 0.444. The van der Waals surface area contributed by atoms with E-state index in [1.807, 2.05) is 24.3 Å². The summed E-state index contributed by atoms with van der Waals surface area (Å²) in [6.45, 7) is 0.586. The molecule has 0 amide bonds. The van der Waals surface area contributed by atoms with Crippen molar-refractivity contribution < 1.29 is 14.3 Å². The third-order valence-electron chi connectivity index (χ3n) is 4.19. The number of fused-ring (bicyclic) bond motifs is 1. The maximum atomic E-state index is 11.7. The van der Waals surface area contributed by atoms with Gasteiger partial charge in [0.05, 0.1) is 12.6 Å². The number of aryl methyl sites for hydroxylation is 1. The van der Waals surface area contributed by atoms with Crippen LogP contribution in [0.25, 0.3) is 0 Å². The van der Waals surface area contributed by atoms with Gasteiger partial charge in [-0.2, -0.15) is 0 Å². The third kappa shape index (κ3) is 5.20. The molecule has 0 aliphatic heterocycles. The largest absolute Gasteiger partial charge is 0.482 e. The monoisotopic (exact) mass is 370 g/mol. The number of benzene rings is 2. The second kappa shape index (κ2) is 9.20. The summed E-state index contributed by atoms with van der Waals surface area (Å²) in [5.41, 5.74) is 2.68. The molecule has 0 heterocycles. The Balaban J connectivity index is 1.30. The van der Waals surface area contributed by atoms with Gasteiger partial charge in [0.2, 0.25) is 0 Å². The van der Waals surface area contributed by atoms with Crippen molar-refractivity contribution in [3.05, 3.63) is 65.7 Å². The van der Waals surface area contributed by atoms with Crippen LogP contribution >= 0.6 is 12.2 Å². The van der Waals surface area contributed by atoms with Gasteiger partial charge in [-0.3, -0.25) is 0 Å². The van der Waals surface area contributed by atoms with E-state index in [0.29, 0.717) is 17.4 Å². The summed E-state index contributed by atoms with van der Waals surface area (Å²) < 4.78 is 10.5.